The van der Waals surface area contributed by atoms with Gasteiger partial charge in [-0.15, -0.1) is 0 Å². The van der Waals surface area contributed by atoms with Crippen LogP contribution in [0.25, 0.3) is 5.69 Å². The topological polar surface area (TPSA) is 58.4 Å². The molecule has 1 saturated heterocycles. The number of carbonyl (C=O) groups excluding carboxylic acids is 2. The molecule has 3 aliphatic rings. The number of aryl methyl sites for hydroxylation is 1. The van der Waals surface area contributed by atoms with Crippen LogP contribution in [-0.4, -0.2) is 51.0 Å². The molecule has 3 heterocycles. The molecule has 0 bridgehead atoms. The number of para-hydroxylation sites is 1. The van der Waals surface area contributed by atoms with Crippen LogP contribution in [0.15, 0.2) is 30.3 Å². The highest BCUT2D eigenvalue weighted by atomic mass is 16.2. The van der Waals surface area contributed by atoms with Gasteiger partial charge >= 0.3 is 0 Å². The van der Waals surface area contributed by atoms with E-state index in [0.29, 0.717) is 11.8 Å². The lowest BCUT2D eigenvalue weighted by atomic mass is 9.97. The summed E-state index contributed by atoms with van der Waals surface area (Å²) < 4.78 is 1.82. The van der Waals surface area contributed by atoms with Crippen molar-refractivity contribution in [2.24, 2.45) is 11.8 Å². The number of benzene rings is 1. The highest BCUT2D eigenvalue weighted by Gasteiger charge is 2.50. The van der Waals surface area contributed by atoms with E-state index in [0.717, 1.165) is 42.3 Å². The highest BCUT2D eigenvalue weighted by molar-refractivity contribution is 5.98. The molecule has 27 heavy (non-hydrogen) atoms. The van der Waals surface area contributed by atoms with Crippen LogP contribution in [0.4, 0.5) is 0 Å². The lowest BCUT2D eigenvalue weighted by molar-refractivity contribution is -0.135. The number of carbonyl (C=O) groups is 2. The summed E-state index contributed by atoms with van der Waals surface area (Å²) in [4.78, 5) is 28.8. The maximum atomic E-state index is 13.4. The molecule has 140 valence electrons. The monoisotopic (exact) mass is 364 g/mol. The first-order chi connectivity index (χ1) is 13.0. The van der Waals surface area contributed by atoms with Gasteiger partial charge in [0.15, 0.2) is 0 Å². The zero-order valence-electron chi connectivity index (χ0n) is 15.8. The van der Waals surface area contributed by atoms with Crippen molar-refractivity contribution in [1.82, 2.24) is 19.6 Å². The Kier molecular flexibility index (Phi) is 3.64. The molecule has 1 aliphatic carbocycles. The number of hydrogen-bond acceptors (Lipinski definition) is 3. The molecule has 0 spiro atoms. The van der Waals surface area contributed by atoms with Crippen molar-refractivity contribution in [3.8, 4) is 5.69 Å². The standard InChI is InChI=1S/C21H24N4O2/c1-13-18-19(16-8-9-16)24(12-15-10-23(11-15)14(2)26)21(27)20(18)25(22-13)17-6-4-3-5-7-17/h3-7,15-16,19H,8-12H2,1-2H3. The van der Waals surface area contributed by atoms with Crippen LogP contribution < -0.4 is 0 Å². The Labute approximate surface area is 158 Å². The summed E-state index contributed by atoms with van der Waals surface area (Å²) in [5.41, 5.74) is 3.74. The Morgan fingerprint density at radius 2 is 1.89 bits per heavy atom. The molecular formula is C21H24N4O2. The first-order valence-electron chi connectivity index (χ1n) is 9.76. The summed E-state index contributed by atoms with van der Waals surface area (Å²) in [6.07, 6.45) is 2.35. The van der Waals surface area contributed by atoms with Crippen LogP contribution in [0, 0.1) is 18.8 Å². The van der Waals surface area contributed by atoms with Crippen molar-refractivity contribution in [2.75, 3.05) is 19.6 Å². The SMILES string of the molecule is CC(=O)N1CC(CN2C(=O)c3c(c(C)nn3-c3ccccc3)C2C2CC2)C1. The Morgan fingerprint density at radius 3 is 2.52 bits per heavy atom. The average Bonchev–Trinajstić information content (AvgIpc) is 3.34. The van der Waals surface area contributed by atoms with E-state index in [2.05, 4.69) is 4.90 Å². The fourth-order valence-electron chi connectivity index (χ4n) is 4.59. The van der Waals surface area contributed by atoms with Crippen LogP contribution in [-0.2, 0) is 4.79 Å². The number of amides is 2. The minimum absolute atomic E-state index is 0.0904. The van der Waals surface area contributed by atoms with Gasteiger partial charge in [-0.2, -0.15) is 5.10 Å². The average molecular weight is 364 g/mol. The van der Waals surface area contributed by atoms with E-state index < -0.39 is 0 Å². The molecule has 6 nitrogen and oxygen atoms in total. The third kappa shape index (κ3) is 2.58. The molecule has 2 amide bonds. The van der Waals surface area contributed by atoms with E-state index in [4.69, 9.17) is 5.10 Å². The fraction of sp³-hybridized carbons (Fsp3) is 0.476. The Balaban J connectivity index is 1.48. The maximum absolute atomic E-state index is 13.4. The van der Waals surface area contributed by atoms with Gasteiger partial charge in [-0.3, -0.25) is 9.59 Å². The molecule has 2 aromatic rings. The number of likely N-dealkylation sites (tertiary alicyclic amines) is 1. The molecule has 2 aliphatic heterocycles. The van der Waals surface area contributed by atoms with Gasteiger partial charge in [0.2, 0.25) is 5.91 Å². The molecule has 6 heteroatoms. The molecule has 1 aromatic carbocycles. The largest absolute Gasteiger partial charge is 0.342 e. The van der Waals surface area contributed by atoms with Crippen molar-refractivity contribution < 1.29 is 9.59 Å². The van der Waals surface area contributed by atoms with E-state index in [9.17, 15) is 9.59 Å². The van der Waals surface area contributed by atoms with Gasteiger partial charge in [0.1, 0.15) is 5.69 Å². The first-order valence-corrected chi connectivity index (χ1v) is 9.76. The second-order valence-electron chi connectivity index (χ2n) is 8.12. The van der Waals surface area contributed by atoms with Gasteiger partial charge in [0, 0.05) is 38.0 Å². The summed E-state index contributed by atoms with van der Waals surface area (Å²) in [5.74, 6) is 1.14. The number of hydrogen-bond donors (Lipinski definition) is 0. The smallest absolute Gasteiger partial charge is 0.273 e. The zero-order valence-corrected chi connectivity index (χ0v) is 15.8. The lowest BCUT2D eigenvalue weighted by Crippen LogP contribution is -2.53. The zero-order chi connectivity index (χ0) is 18.7. The fourth-order valence-corrected chi connectivity index (χ4v) is 4.59. The van der Waals surface area contributed by atoms with Crippen molar-refractivity contribution in [3.05, 3.63) is 47.3 Å². The lowest BCUT2D eigenvalue weighted by Gasteiger charge is -2.41. The van der Waals surface area contributed by atoms with Gasteiger partial charge in [0.05, 0.1) is 17.4 Å². The molecule has 1 saturated carbocycles. The number of nitrogens with zero attached hydrogens (tertiary/aromatic N) is 4. The summed E-state index contributed by atoms with van der Waals surface area (Å²) >= 11 is 0. The normalized spacial score (nSPS) is 22.1. The second kappa shape index (κ2) is 5.94. The Hall–Kier alpha value is -2.63. The maximum Gasteiger partial charge on any atom is 0.273 e. The molecule has 1 unspecified atom stereocenters. The van der Waals surface area contributed by atoms with Crippen LogP contribution in [0.3, 0.4) is 0 Å². The van der Waals surface area contributed by atoms with Crippen LogP contribution in [0.1, 0.15) is 47.6 Å². The summed E-state index contributed by atoms with van der Waals surface area (Å²) in [6, 6.07) is 10.0. The van der Waals surface area contributed by atoms with E-state index >= 15 is 0 Å². The Morgan fingerprint density at radius 1 is 1.19 bits per heavy atom. The molecule has 2 fully saturated rings. The van der Waals surface area contributed by atoms with Gasteiger partial charge in [-0.25, -0.2) is 4.68 Å². The minimum Gasteiger partial charge on any atom is -0.342 e. The Bertz CT molecular complexity index is 910. The van der Waals surface area contributed by atoms with Crippen molar-refractivity contribution in [2.45, 2.75) is 32.7 Å². The van der Waals surface area contributed by atoms with Crippen LogP contribution >= 0.6 is 0 Å². The first kappa shape index (κ1) is 16.5. The van der Waals surface area contributed by atoms with Crippen molar-refractivity contribution in [3.63, 3.8) is 0 Å². The highest BCUT2D eigenvalue weighted by Crippen LogP contribution is 2.51. The third-order valence-electron chi connectivity index (χ3n) is 6.13. The van der Waals surface area contributed by atoms with Gasteiger partial charge in [0.25, 0.3) is 5.91 Å². The van der Waals surface area contributed by atoms with Gasteiger partial charge in [-0.05, 0) is 37.8 Å². The predicted octanol–water partition coefficient (Wildman–Crippen LogP) is 2.57. The van der Waals surface area contributed by atoms with Crippen LogP contribution in [0.2, 0.25) is 0 Å². The van der Waals surface area contributed by atoms with Crippen LogP contribution in [0.5, 0.6) is 0 Å². The molecule has 1 atom stereocenters. The minimum atomic E-state index is 0.0904. The predicted molar refractivity (Wildman–Crippen MR) is 101 cm³/mol. The second-order valence-corrected chi connectivity index (χ2v) is 8.12. The third-order valence-corrected chi connectivity index (χ3v) is 6.13. The number of rotatable bonds is 4. The van der Waals surface area contributed by atoms with E-state index in [-0.39, 0.29) is 17.9 Å². The molecule has 0 radical (unpaired) electrons. The van der Waals surface area contributed by atoms with E-state index in [1.54, 1.807) is 6.92 Å². The molecular weight excluding hydrogens is 340 g/mol. The van der Waals surface area contributed by atoms with E-state index in [1.807, 2.05) is 46.8 Å². The van der Waals surface area contributed by atoms with Crippen molar-refractivity contribution >= 4 is 11.8 Å². The molecule has 1 aromatic heterocycles. The summed E-state index contributed by atoms with van der Waals surface area (Å²) in [6.45, 7) is 5.88. The van der Waals surface area contributed by atoms with Crippen molar-refractivity contribution in [1.29, 1.82) is 0 Å². The van der Waals surface area contributed by atoms with Gasteiger partial charge in [-0.1, -0.05) is 18.2 Å². The molecule has 0 N–H and O–H groups in total. The molecule has 5 rings (SSSR count). The number of aromatic nitrogens is 2. The quantitative estimate of drug-likeness (QED) is 0.838. The number of fused-ring (bicyclic) bond motifs is 1. The summed E-state index contributed by atoms with van der Waals surface area (Å²) in [5, 5.41) is 4.71. The van der Waals surface area contributed by atoms with Gasteiger partial charge < -0.3 is 9.80 Å². The van der Waals surface area contributed by atoms with E-state index in [1.165, 1.54) is 12.8 Å². The summed E-state index contributed by atoms with van der Waals surface area (Å²) in [7, 11) is 0.